The van der Waals surface area contributed by atoms with Gasteiger partial charge in [-0.1, -0.05) is 12.5 Å². The lowest BCUT2D eigenvalue weighted by Gasteiger charge is -2.34. The van der Waals surface area contributed by atoms with Gasteiger partial charge in [-0.2, -0.15) is 4.31 Å². The first-order valence-electron chi connectivity index (χ1n) is 7.36. The Hall–Kier alpha value is -1.92. The fourth-order valence-corrected chi connectivity index (χ4v) is 4.56. The van der Waals surface area contributed by atoms with E-state index in [0.717, 1.165) is 24.8 Å². The third-order valence-electron chi connectivity index (χ3n) is 4.01. The Labute approximate surface area is 130 Å². The van der Waals surface area contributed by atoms with Crippen molar-refractivity contribution in [3.05, 3.63) is 54.4 Å². The van der Waals surface area contributed by atoms with Crippen molar-refractivity contribution >= 4 is 15.7 Å². The minimum atomic E-state index is -3.53. The Morgan fingerprint density at radius 3 is 2.59 bits per heavy atom. The fraction of sp³-hybridized carbons (Fsp3) is 0.312. The predicted molar refractivity (Wildman–Crippen MR) is 85.6 cm³/mol. The molecule has 0 unspecified atom stereocenters. The molecule has 2 N–H and O–H groups in total. The van der Waals surface area contributed by atoms with Crippen LogP contribution in [-0.4, -0.2) is 24.3 Å². The van der Waals surface area contributed by atoms with Crippen LogP contribution in [0.15, 0.2) is 53.7 Å². The highest BCUT2D eigenvalue weighted by atomic mass is 32.2. The van der Waals surface area contributed by atoms with Gasteiger partial charge >= 0.3 is 0 Å². The summed E-state index contributed by atoms with van der Waals surface area (Å²) in [4.78, 5) is 4.41. The van der Waals surface area contributed by atoms with Crippen LogP contribution in [0.5, 0.6) is 0 Å². The molecule has 1 saturated heterocycles. The molecule has 22 heavy (non-hydrogen) atoms. The van der Waals surface area contributed by atoms with E-state index in [4.69, 9.17) is 5.73 Å². The molecule has 5 nitrogen and oxygen atoms in total. The minimum Gasteiger partial charge on any atom is -0.399 e. The van der Waals surface area contributed by atoms with E-state index in [-0.39, 0.29) is 10.9 Å². The summed E-state index contributed by atoms with van der Waals surface area (Å²) in [6.45, 7) is 0.534. The normalized spacial score (nSPS) is 19.9. The first-order valence-corrected chi connectivity index (χ1v) is 8.80. The van der Waals surface area contributed by atoms with Crippen molar-refractivity contribution in [1.82, 2.24) is 9.29 Å². The monoisotopic (exact) mass is 317 g/mol. The zero-order chi connectivity index (χ0) is 15.6. The smallest absolute Gasteiger partial charge is 0.243 e. The summed E-state index contributed by atoms with van der Waals surface area (Å²) in [6.07, 6.45) is 6.17. The van der Waals surface area contributed by atoms with Gasteiger partial charge in [0.05, 0.1) is 10.9 Å². The molecule has 1 fully saturated rings. The number of pyridine rings is 1. The van der Waals surface area contributed by atoms with Gasteiger partial charge in [0.2, 0.25) is 10.0 Å². The van der Waals surface area contributed by atoms with Crippen LogP contribution >= 0.6 is 0 Å². The highest BCUT2D eigenvalue weighted by Gasteiger charge is 2.34. The lowest BCUT2D eigenvalue weighted by Crippen LogP contribution is -2.38. The van der Waals surface area contributed by atoms with Gasteiger partial charge in [0, 0.05) is 24.6 Å². The molecule has 0 bridgehead atoms. The zero-order valence-electron chi connectivity index (χ0n) is 12.2. The van der Waals surface area contributed by atoms with Crippen LogP contribution in [0.4, 0.5) is 5.69 Å². The summed E-state index contributed by atoms with van der Waals surface area (Å²) in [6, 6.07) is 10.0. The number of hydrogen-bond donors (Lipinski definition) is 1. The van der Waals surface area contributed by atoms with Crippen LogP contribution in [0, 0.1) is 0 Å². The van der Waals surface area contributed by atoms with Gasteiger partial charge in [-0.05, 0) is 48.7 Å². The van der Waals surface area contributed by atoms with E-state index in [2.05, 4.69) is 4.98 Å². The van der Waals surface area contributed by atoms with Crippen LogP contribution in [0.25, 0.3) is 0 Å². The lowest BCUT2D eigenvalue weighted by molar-refractivity contribution is 0.255. The third-order valence-corrected chi connectivity index (χ3v) is 5.93. The van der Waals surface area contributed by atoms with Gasteiger partial charge in [0.25, 0.3) is 0 Å². The third kappa shape index (κ3) is 2.84. The second-order valence-corrected chi connectivity index (χ2v) is 7.37. The second-order valence-electron chi connectivity index (χ2n) is 5.48. The number of hydrogen-bond acceptors (Lipinski definition) is 4. The molecule has 0 spiro atoms. The molecular formula is C16H19N3O2S. The van der Waals surface area contributed by atoms with E-state index in [1.165, 1.54) is 0 Å². The maximum absolute atomic E-state index is 12.9. The lowest BCUT2D eigenvalue weighted by atomic mass is 9.99. The highest BCUT2D eigenvalue weighted by molar-refractivity contribution is 7.89. The summed E-state index contributed by atoms with van der Waals surface area (Å²) >= 11 is 0. The van der Waals surface area contributed by atoms with Gasteiger partial charge < -0.3 is 5.73 Å². The quantitative estimate of drug-likeness (QED) is 0.883. The maximum atomic E-state index is 12.9. The summed E-state index contributed by atoms with van der Waals surface area (Å²) in [5.74, 6) is 0. The summed E-state index contributed by atoms with van der Waals surface area (Å²) in [7, 11) is -3.53. The number of aromatic nitrogens is 1. The molecule has 3 rings (SSSR count). The van der Waals surface area contributed by atoms with Gasteiger partial charge in [-0.15, -0.1) is 0 Å². The number of benzene rings is 1. The van der Waals surface area contributed by atoms with Gasteiger partial charge in [-0.25, -0.2) is 8.42 Å². The summed E-state index contributed by atoms with van der Waals surface area (Å²) in [5.41, 5.74) is 7.15. The van der Waals surface area contributed by atoms with E-state index in [9.17, 15) is 8.42 Å². The molecule has 1 aliphatic rings. The molecule has 1 aromatic carbocycles. The minimum absolute atomic E-state index is 0.148. The molecule has 1 aromatic heterocycles. The van der Waals surface area contributed by atoms with Crippen LogP contribution in [-0.2, 0) is 10.0 Å². The van der Waals surface area contributed by atoms with Gasteiger partial charge in [0.1, 0.15) is 0 Å². The molecular weight excluding hydrogens is 298 g/mol. The molecule has 116 valence electrons. The largest absolute Gasteiger partial charge is 0.399 e. The van der Waals surface area contributed by atoms with E-state index >= 15 is 0 Å². The van der Waals surface area contributed by atoms with Crippen molar-refractivity contribution in [1.29, 1.82) is 0 Å². The van der Waals surface area contributed by atoms with E-state index in [1.54, 1.807) is 41.0 Å². The van der Waals surface area contributed by atoms with Crippen LogP contribution < -0.4 is 5.73 Å². The van der Waals surface area contributed by atoms with Crippen molar-refractivity contribution in [2.24, 2.45) is 0 Å². The number of anilines is 1. The SMILES string of the molecule is Nc1ccc(S(=O)(=O)N2CCCC[C@H]2c2cccnc2)cc1. The second kappa shape index (κ2) is 6.06. The van der Waals surface area contributed by atoms with E-state index in [1.807, 2.05) is 12.1 Å². The van der Waals surface area contributed by atoms with Crippen molar-refractivity contribution in [3.63, 3.8) is 0 Å². The summed E-state index contributed by atoms with van der Waals surface area (Å²) < 4.78 is 27.5. The standard InChI is InChI=1S/C16H19N3O2S/c17-14-6-8-15(9-7-14)22(20,21)19-11-2-1-5-16(19)13-4-3-10-18-12-13/h3-4,6-10,12,16H,1-2,5,11,17H2/t16-/m0/s1. The molecule has 0 radical (unpaired) electrons. The number of nitrogens with two attached hydrogens (primary N) is 1. The average Bonchev–Trinajstić information content (AvgIpc) is 2.56. The van der Waals surface area contributed by atoms with Crippen molar-refractivity contribution in [2.75, 3.05) is 12.3 Å². The van der Waals surface area contributed by atoms with Crippen molar-refractivity contribution in [3.8, 4) is 0 Å². The topological polar surface area (TPSA) is 76.3 Å². The number of nitrogens with zero attached hydrogens (tertiary/aromatic N) is 2. The molecule has 0 aliphatic carbocycles. The average molecular weight is 317 g/mol. The van der Waals surface area contributed by atoms with E-state index in [0.29, 0.717) is 12.2 Å². The first kappa shape index (κ1) is 15.0. The zero-order valence-corrected chi connectivity index (χ0v) is 13.0. The number of rotatable bonds is 3. The first-order chi connectivity index (χ1) is 10.6. The predicted octanol–water partition coefficient (Wildman–Crippen LogP) is 2.58. The Morgan fingerprint density at radius 2 is 1.91 bits per heavy atom. The molecule has 1 aliphatic heterocycles. The Balaban J connectivity index is 1.98. The van der Waals surface area contributed by atoms with Crippen molar-refractivity contribution < 1.29 is 8.42 Å². The Kier molecular flexibility index (Phi) is 4.13. The number of nitrogen functional groups attached to an aromatic ring is 1. The fourth-order valence-electron chi connectivity index (χ4n) is 2.87. The Bertz CT molecular complexity index is 730. The van der Waals surface area contributed by atoms with Crippen LogP contribution in [0.2, 0.25) is 0 Å². The molecule has 0 saturated carbocycles. The maximum Gasteiger partial charge on any atom is 0.243 e. The number of sulfonamides is 1. The van der Waals surface area contributed by atoms with Gasteiger partial charge in [0.15, 0.2) is 0 Å². The van der Waals surface area contributed by atoms with Crippen LogP contribution in [0.3, 0.4) is 0 Å². The van der Waals surface area contributed by atoms with Crippen LogP contribution in [0.1, 0.15) is 30.9 Å². The molecule has 2 heterocycles. The summed E-state index contributed by atoms with van der Waals surface area (Å²) in [5, 5.41) is 0. The van der Waals surface area contributed by atoms with Gasteiger partial charge in [-0.3, -0.25) is 4.98 Å². The molecule has 1 atom stereocenters. The van der Waals surface area contributed by atoms with Crippen molar-refractivity contribution in [2.45, 2.75) is 30.2 Å². The molecule has 0 amide bonds. The molecule has 6 heteroatoms. The number of piperidine rings is 1. The Morgan fingerprint density at radius 1 is 1.14 bits per heavy atom. The van der Waals surface area contributed by atoms with E-state index < -0.39 is 10.0 Å². The molecule has 2 aromatic rings. The highest BCUT2D eigenvalue weighted by Crippen LogP contribution is 2.35.